The van der Waals surface area contributed by atoms with Crippen LogP contribution >= 0.6 is 11.3 Å². The minimum atomic E-state index is 0.428. The average molecular weight is 382 g/mol. The molecule has 142 valence electrons. The highest BCUT2D eigenvalue weighted by Crippen LogP contribution is 2.27. The van der Waals surface area contributed by atoms with Gasteiger partial charge in [-0.3, -0.25) is 4.68 Å². The largest absolute Gasteiger partial charge is 0.371 e. The normalized spacial score (nSPS) is 16.6. The molecule has 0 bridgehead atoms. The van der Waals surface area contributed by atoms with Gasteiger partial charge < -0.3 is 10.2 Å². The molecule has 27 heavy (non-hydrogen) atoms. The number of piperidine rings is 1. The molecule has 0 amide bonds. The predicted octanol–water partition coefficient (Wildman–Crippen LogP) is 3.96. The SMILES string of the molecule is Cc1nc(-c2cccc(N3CCC(N[C@@H](C)Cn4cccn4)CC3)c2)cs1. The summed E-state index contributed by atoms with van der Waals surface area (Å²) >= 11 is 1.71. The van der Waals surface area contributed by atoms with E-state index in [4.69, 9.17) is 0 Å². The molecular formula is C21H27N5S. The van der Waals surface area contributed by atoms with Gasteiger partial charge in [0.25, 0.3) is 0 Å². The van der Waals surface area contributed by atoms with E-state index in [9.17, 15) is 0 Å². The molecule has 2 aromatic heterocycles. The average Bonchev–Trinajstić information content (AvgIpc) is 3.34. The third kappa shape index (κ3) is 4.57. The monoisotopic (exact) mass is 381 g/mol. The first-order valence-electron chi connectivity index (χ1n) is 9.68. The first kappa shape index (κ1) is 18.2. The van der Waals surface area contributed by atoms with Gasteiger partial charge in [0.15, 0.2) is 0 Å². The van der Waals surface area contributed by atoms with Gasteiger partial charge in [-0.2, -0.15) is 5.10 Å². The summed E-state index contributed by atoms with van der Waals surface area (Å²) in [5.41, 5.74) is 3.61. The molecule has 1 aliphatic rings. The van der Waals surface area contributed by atoms with Crippen LogP contribution in [0.2, 0.25) is 0 Å². The molecule has 0 radical (unpaired) electrons. The van der Waals surface area contributed by atoms with Crippen LogP contribution in [0.1, 0.15) is 24.8 Å². The maximum Gasteiger partial charge on any atom is 0.0901 e. The number of hydrogen-bond donors (Lipinski definition) is 1. The van der Waals surface area contributed by atoms with Crippen molar-refractivity contribution in [1.82, 2.24) is 20.1 Å². The van der Waals surface area contributed by atoms with Gasteiger partial charge in [-0.15, -0.1) is 11.3 Å². The van der Waals surface area contributed by atoms with Crippen LogP contribution in [0.5, 0.6) is 0 Å². The number of thiazole rings is 1. The minimum Gasteiger partial charge on any atom is -0.371 e. The van der Waals surface area contributed by atoms with Crippen molar-refractivity contribution in [2.75, 3.05) is 18.0 Å². The molecule has 4 rings (SSSR count). The van der Waals surface area contributed by atoms with Gasteiger partial charge in [-0.05, 0) is 44.9 Å². The van der Waals surface area contributed by atoms with E-state index in [1.165, 1.54) is 24.1 Å². The number of rotatable bonds is 6. The summed E-state index contributed by atoms with van der Waals surface area (Å²) in [5.74, 6) is 0. The van der Waals surface area contributed by atoms with Crippen LogP contribution in [0.15, 0.2) is 48.1 Å². The van der Waals surface area contributed by atoms with E-state index in [1.54, 1.807) is 11.3 Å². The summed E-state index contributed by atoms with van der Waals surface area (Å²) in [6.07, 6.45) is 6.21. The molecule has 5 nitrogen and oxygen atoms in total. The molecule has 1 aliphatic heterocycles. The Balaban J connectivity index is 1.32. The Morgan fingerprint density at radius 1 is 1.26 bits per heavy atom. The molecule has 0 unspecified atom stereocenters. The van der Waals surface area contributed by atoms with E-state index in [0.717, 1.165) is 30.3 Å². The summed E-state index contributed by atoms with van der Waals surface area (Å²) in [6, 6.07) is 11.8. The van der Waals surface area contributed by atoms with Gasteiger partial charge in [0.05, 0.1) is 17.2 Å². The fourth-order valence-corrected chi connectivity index (χ4v) is 4.43. The van der Waals surface area contributed by atoms with Crippen molar-refractivity contribution in [2.45, 2.75) is 45.3 Å². The molecule has 1 aromatic carbocycles. The maximum absolute atomic E-state index is 4.63. The second-order valence-electron chi connectivity index (χ2n) is 7.36. The summed E-state index contributed by atoms with van der Waals surface area (Å²) in [6.45, 7) is 7.40. The molecule has 1 fully saturated rings. The lowest BCUT2D eigenvalue weighted by atomic mass is 10.0. The number of benzene rings is 1. The molecule has 0 saturated carbocycles. The molecule has 1 saturated heterocycles. The van der Waals surface area contributed by atoms with E-state index in [-0.39, 0.29) is 0 Å². The number of anilines is 1. The van der Waals surface area contributed by atoms with Crippen molar-refractivity contribution in [1.29, 1.82) is 0 Å². The van der Waals surface area contributed by atoms with Crippen molar-refractivity contribution in [2.24, 2.45) is 0 Å². The number of nitrogens with one attached hydrogen (secondary N) is 1. The van der Waals surface area contributed by atoms with Crippen LogP contribution < -0.4 is 10.2 Å². The van der Waals surface area contributed by atoms with Crippen molar-refractivity contribution in [3.05, 3.63) is 53.1 Å². The summed E-state index contributed by atoms with van der Waals surface area (Å²) < 4.78 is 2.00. The zero-order valence-electron chi connectivity index (χ0n) is 16.0. The number of nitrogens with zero attached hydrogens (tertiary/aromatic N) is 4. The smallest absolute Gasteiger partial charge is 0.0901 e. The Morgan fingerprint density at radius 3 is 2.81 bits per heavy atom. The van der Waals surface area contributed by atoms with E-state index >= 15 is 0 Å². The Kier molecular flexibility index (Phi) is 5.55. The standard InChI is InChI=1S/C21H27N5S/c1-16(14-26-10-4-9-22-26)23-19-7-11-25(12-8-19)20-6-3-5-18(13-20)21-15-27-17(2)24-21/h3-6,9-10,13,15-16,19,23H,7-8,11-12,14H2,1-2H3/t16-/m0/s1. The predicted molar refractivity (Wildman–Crippen MR) is 112 cm³/mol. The van der Waals surface area contributed by atoms with Gasteiger partial charge in [0, 0.05) is 54.2 Å². The zero-order chi connectivity index (χ0) is 18.6. The number of aromatic nitrogens is 3. The molecular weight excluding hydrogens is 354 g/mol. The van der Waals surface area contributed by atoms with Gasteiger partial charge in [-0.25, -0.2) is 4.98 Å². The lowest BCUT2D eigenvalue weighted by Gasteiger charge is -2.35. The third-order valence-electron chi connectivity index (χ3n) is 5.16. The van der Waals surface area contributed by atoms with Crippen LogP contribution in [-0.4, -0.2) is 39.9 Å². The maximum atomic E-state index is 4.63. The Hall–Kier alpha value is -2.18. The van der Waals surface area contributed by atoms with Gasteiger partial charge in [0.1, 0.15) is 0 Å². The van der Waals surface area contributed by atoms with Crippen LogP contribution in [0.4, 0.5) is 5.69 Å². The van der Waals surface area contributed by atoms with E-state index in [0.29, 0.717) is 12.1 Å². The molecule has 3 heterocycles. The fraction of sp³-hybridized carbons (Fsp3) is 0.429. The van der Waals surface area contributed by atoms with Gasteiger partial charge in [0.2, 0.25) is 0 Å². The molecule has 3 aromatic rings. The molecule has 0 spiro atoms. The summed E-state index contributed by atoms with van der Waals surface area (Å²) in [7, 11) is 0. The minimum absolute atomic E-state index is 0.428. The van der Waals surface area contributed by atoms with Crippen LogP contribution in [-0.2, 0) is 6.54 Å². The second-order valence-corrected chi connectivity index (χ2v) is 8.42. The third-order valence-corrected chi connectivity index (χ3v) is 5.93. The fourth-order valence-electron chi connectivity index (χ4n) is 3.81. The number of aryl methyl sites for hydroxylation is 1. The Bertz CT molecular complexity index is 849. The van der Waals surface area contributed by atoms with E-state index in [1.807, 2.05) is 23.1 Å². The van der Waals surface area contributed by atoms with Gasteiger partial charge in [-0.1, -0.05) is 12.1 Å². The molecule has 1 N–H and O–H groups in total. The quantitative estimate of drug-likeness (QED) is 0.702. The Morgan fingerprint density at radius 2 is 2.11 bits per heavy atom. The Labute approximate surface area is 165 Å². The lowest BCUT2D eigenvalue weighted by molar-refractivity contribution is 0.348. The summed E-state index contributed by atoms with van der Waals surface area (Å²) in [5, 5.41) is 11.3. The van der Waals surface area contributed by atoms with Crippen molar-refractivity contribution < 1.29 is 0 Å². The first-order valence-corrected chi connectivity index (χ1v) is 10.6. The number of hydrogen-bond acceptors (Lipinski definition) is 5. The highest BCUT2D eigenvalue weighted by Gasteiger charge is 2.21. The second kappa shape index (κ2) is 8.23. The molecule has 1 atom stereocenters. The van der Waals surface area contributed by atoms with Crippen LogP contribution in [0, 0.1) is 6.92 Å². The first-order chi connectivity index (χ1) is 13.2. The van der Waals surface area contributed by atoms with Gasteiger partial charge >= 0.3 is 0 Å². The topological polar surface area (TPSA) is 46.0 Å². The van der Waals surface area contributed by atoms with Crippen molar-refractivity contribution in [3.8, 4) is 11.3 Å². The highest BCUT2D eigenvalue weighted by molar-refractivity contribution is 7.09. The zero-order valence-corrected chi connectivity index (χ0v) is 16.8. The van der Waals surface area contributed by atoms with Crippen molar-refractivity contribution in [3.63, 3.8) is 0 Å². The van der Waals surface area contributed by atoms with Crippen LogP contribution in [0.25, 0.3) is 11.3 Å². The summed E-state index contributed by atoms with van der Waals surface area (Å²) in [4.78, 5) is 7.12. The molecule has 6 heteroatoms. The van der Waals surface area contributed by atoms with E-state index < -0.39 is 0 Å². The highest BCUT2D eigenvalue weighted by atomic mass is 32.1. The van der Waals surface area contributed by atoms with Crippen LogP contribution in [0.3, 0.4) is 0 Å². The van der Waals surface area contributed by atoms with E-state index in [2.05, 4.69) is 63.8 Å². The molecule has 0 aliphatic carbocycles. The lowest BCUT2D eigenvalue weighted by Crippen LogP contribution is -2.46. The van der Waals surface area contributed by atoms with Crippen molar-refractivity contribution >= 4 is 17.0 Å².